The predicted molar refractivity (Wildman–Crippen MR) is 66.8 cm³/mol. The minimum atomic E-state index is -0.274. The van der Waals surface area contributed by atoms with Gasteiger partial charge in [0, 0.05) is 37.6 Å². The molecular formula is C12H20N4O. The number of hydrogen-bond acceptors (Lipinski definition) is 5. The molecule has 1 aromatic heterocycles. The maximum atomic E-state index is 9.84. The number of nitrogens with zero attached hydrogens (tertiary/aromatic N) is 3. The summed E-state index contributed by atoms with van der Waals surface area (Å²) in [6, 6.07) is 0. The molecule has 94 valence electrons. The van der Waals surface area contributed by atoms with E-state index in [1.54, 1.807) is 0 Å². The third kappa shape index (κ3) is 2.92. The van der Waals surface area contributed by atoms with Gasteiger partial charge in [0.05, 0.1) is 6.10 Å². The van der Waals surface area contributed by atoms with Gasteiger partial charge in [0.1, 0.15) is 0 Å². The molecule has 1 fully saturated rings. The second kappa shape index (κ2) is 5.42. The Morgan fingerprint density at radius 3 is 2.76 bits per heavy atom. The standard InChI is InChI=1S/C12H20N4O/c1-9-3-4-16(8-11(9)17)12-14-6-10(5-13-2)7-15-12/h6-7,9,11,13,17H,3-5,8H2,1-2H3. The lowest BCUT2D eigenvalue weighted by Crippen LogP contribution is -2.43. The molecule has 2 N–H and O–H groups in total. The molecular weight excluding hydrogens is 216 g/mol. The molecule has 1 aliphatic heterocycles. The van der Waals surface area contributed by atoms with Crippen LogP contribution in [0.3, 0.4) is 0 Å². The molecule has 2 atom stereocenters. The van der Waals surface area contributed by atoms with Crippen LogP contribution in [0.2, 0.25) is 0 Å². The van der Waals surface area contributed by atoms with Crippen LogP contribution >= 0.6 is 0 Å². The van der Waals surface area contributed by atoms with Crippen molar-refractivity contribution in [2.75, 3.05) is 25.0 Å². The molecule has 5 nitrogen and oxygen atoms in total. The van der Waals surface area contributed by atoms with Crippen molar-refractivity contribution >= 4 is 5.95 Å². The van der Waals surface area contributed by atoms with E-state index in [1.165, 1.54) is 0 Å². The fourth-order valence-electron chi connectivity index (χ4n) is 2.04. The zero-order valence-electron chi connectivity index (χ0n) is 10.4. The van der Waals surface area contributed by atoms with Gasteiger partial charge in [0.15, 0.2) is 0 Å². The van der Waals surface area contributed by atoms with E-state index < -0.39 is 0 Å². The lowest BCUT2D eigenvalue weighted by atomic mass is 9.96. The molecule has 0 bridgehead atoms. The molecule has 1 aliphatic rings. The summed E-state index contributed by atoms with van der Waals surface area (Å²) in [5.41, 5.74) is 1.07. The van der Waals surface area contributed by atoms with Gasteiger partial charge in [-0.2, -0.15) is 0 Å². The number of aromatic nitrogens is 2. The zero-order valence-corrected chi connectivity index (χ0v) is 10.4. The molecule has 0 aromatic carbocycles. The summed E-state index contributed by atoms with van der Waals surface area (Å²) in [6.45, 7) is 4.41. The quantitative estimate of drug-likeness (QED) is 0.795. The third-order valence-electron chi connectivity index (χ3n) is 3.27. The molecule has 5 heteroatoms. The molecule has 2 unspecified atom stereocenters. The van der Waals surface area contributed by atoms with E-state index in [1.807, 2.05) is 24.3 Å². The monoisotopic (exact) mass is 236 g/mol. The number of hydrogen-bond donors (Lipinski definition) is 2. The van der Waals surface area contributed by atoms with Crippen molar-refractivity contribution in [3.63, 3.8) is 0 Å². The maximum absolute atomic E-state index is 9.84. The van der Waals surface area contributed by atoms with E-state index in [0.29, 0.717) is 12.5 Å². The largest absolute Gasteiger partial charge is 0.391 e. The van der Waals surface area contributed by atoms with Crippen LogP contribution in [0.4, 0.5) is 5.95 Å². The highest BCUT2D eigenvalue weighted by Crippen LogP contribution is 2.20. The second-order valence-corrected chi connectivity index (χ2v) is 4.70. The van der Waals surface area contributed by atoms with Crippen LogP contribution in [0.5, 0.6) is 0 Å². The molecule has 2 heterocycles. The van der Waals surface area contributed by atoms with Crippen LogP contribution in [-0.2, 0) is 6.54 Å². The van der Waals surface area contributed by atoms with Crippen molar-refractivity contribution in [2.24, 2.45) is 5.92 Å². The number of rotatable bonds is 3. The Hall–Kier alpha value is -1.20. The summed E-state index contributed by atoms with van der Waals surface area (Å²) in [4.78, 5) is 10.7. The highest BCUT2D eigenvalue weighted by molar-refractivity contribution is 5.31. The van der Waals surface area contributed by atoms with Crippen molar-refractivity contribution in [3.8, 4) is 0 Å². The van der Waals surface area contributed by atoms with Crippen molar-refractivity contribution in [1.29, 1.82) is 0 Å². The lowest BCUT2D eigenvalue weighted by Gasteiger charge is -2.34. The average molecular weight is 236 g/mol. The SMILES string of the molecule is CNCc1cnc(N2CCC(C)C(O)C2)nc1. The van der Waals surface area contributed by atoms with Crippen LogP contribution < -0.4 is 10.2 Å². The third-order valence-corrected chi connectivity index (χ3v) is 3.27. The molecule has 0 radical (unpaired) electrons. The Morgan fingerprint density at radius 1 is 1.47 bits per heavy atom. The van der Waals surface area contributed by atoms with E-state index in [-0.39, 0.29) is 6.10 Å². The number of aliphatic hydroxyl groups is 1. The topological polar surface area (TPSA) is 61.3 Å². The first-order valence-corrected chi connectivity index (χ1v) is 6.09. The molecule has 0 saturated carbocycles. The van der Waals surface area contributed by atoms with Crippen molar-refractivity contribution in [3.05, 3.63) is 18.0 Å². The summed E-state index contributed by atoms with van der Waals surface area (Å²) >= 11 is 0. The minimum absolute atomic E-state index is 0.274. The van der Waals surface area contributed by atoms with E-state index in [9.17, 15) is 5.11 Å². The summed E-state index contributed by atoms with van der Waals surface area (Å²) in [7, 11) is 1.90. The van der Waals surface area contributed by atoms with Gasteiger partial charge in [0.2, 0.25) is 5.95 Å². The van der Waals surface area contributed by atoms with Gasteiger partial charge in [-0.3, -0.25) is 0 Å². The van der Waals surface area contributed by atoms with Crippen molar-refractivity contribution in [1.82, 2.24) is 15.3 Å². The summed E-state index contributed by atoms with van der Waals surface area (Å²) in [5, 5.41) is 12.9. The van der Waals surface area contributed by atoms with E-state index in [4.69, 9.17) is 0 Å². The first kappa shape index (κ1) is 12.3. The number of anilines is 1. The van der Waals surface area contributed by atoms with Gasteiger partial charge >= 0.3 is 0 Å². The predicted octanol–water partition coefficient (Wildman–Crippen LogP) is 0.403. The molecule has 0 aliphatic carbocycles. The van der Waals surface area contributed by atoms with Crippen LogP contribution in [0.15, 0.2) is 12.4 Å². The van der Waals surface area contributed by atoms with Crippen molar-refractivity contribution < 1.29 is 5.11 Å². The maximum Gasteiger partial charge on any atom is 0.225 e. The number of piperidine rings is 1. The van der Waals surface area contributed by atoms with E-state index >= 15 is 0 Å². The lowest BCUT2D eigenvalue weighted by molar-refractivity contribution is 0.102. The van der Waals surface area contributed by atoms with Gasteiger partial charge in [-0.1, -0.05) is 6.92 Å². The Labute approximate surface area is 102 Å². The van der Waals surface area contributed by atoms with E-state index in [0.717, 1.165) is 31.0 Å². The highest BCUT2D eigenvalue weighted by atomic mass is 16.3. The highest BCUT2D eigenvalue weighted by Gasteiger charge is 2.25. The van der Waals surface area contributed by atoms with Crippen LogP contribution in [0.25, 0.3) is 0 Å². The molecule has 1 aromatic rings. The zero-order chi connectivity index (χ0) is 12.3. The van der Waals surface area contributed by atoms with Crippen LogP contribution in [-0.4, -0.2) is 41.3 Å². The minimum Gasteiger partial charge on any atom is -0.391 e. The Morgan fingerprint density at radius 2 is 2.18 bits per heavy atom. The second-order valence-electron chi connectivity index (χ2n) is 4.70. The first-order chi connectivity index (χ1) is 8.20. The van der Waals surface area contributed by atoms with Gasteiger partial charge in [0.25, 0.3) is 0 Å². The number of β-amino-alcohol motifs (C(OH)–C–C–N with tert-alkyl or cyclic N) is 1. The van der Waals surface area contributed by atoms with E-state index in [2.05, 4.69) is 22.2 Å². The average Bonchev–Trinajstić information content (AvgIpc) is 2.34. The molecule has 0 spiro atoms. The molecule has 1 saturated heterocycles. The first-order valence-electron chi connectivity index (χ1n) is 6.09. The van der Waals surface area contributed by atoms with Crippen molar-refractivity contribution in [2.45, 2.75) is 26.0 Å². The summed E-state index contributed by atoms with van der Waals surface area (Å²) in [5.74, 6) is 1.09. The Balaban J connectivity index is 2.02. The van der Waals surface area contributed by atoms with Gasteiger partial charge in [-0.05, 0) is 19.4 Å². The fraction of sp³-hybridized carbons (Fsp3) is 0.667. The Bertz CT molecular complexity index is 354. The number of nitrogens with one attached hydrogen (secondary N) is 1. The summed E-state index contributed by atoms with van der Waals surface area (Å²) in [6.07, 6.45) is 4.39. The summed E-state index contributed by atoms with van der Waals surface area (Å²) < 4.78 is 0. The van der Waals surface area contributed by atoms with Gasteiger partial charge < -0.3 is 15.3 Å². The van der Waals surface area contributed by atoms with Crippen LogP contribution in [0, 0.1) is 5.92 Å². The van der Waals surface area contributed by atoms with Crippen LogP contribution in [0.1, 0.15) is 18.9 Å². The van der Waals surface area contributed by atoms with Gasteiger partial charge in [-0.15, -0.1) is 0 Å². The number of aliphatic hydroxyl groups excluding tert-OH is 1. The Kier molecular flexibility index (Phi) is 3.91. The smallest absolute Gasteiger partial charge is 0.225 e. The molecule has 17 heavy (non-hydrogen) atoms. The van der Waals surface area contributed by atoms with Gasteiger partial charge in [-0.25, -0.2) is 9.97 Å². The molecule has 0 amide bonds. The fourth-order valence-corrected chi connectivity index (χ4v) is 2.04. The molecule has 2 rings (SSSR count). The normalized spacial score (nSPS) is 25.0.